The molecule has 11 nitrogen and oxygen atoms in total. The average molecular weight is 741 g/mol. The largest absolute Gasteiger partial charge is 2.00 e. The molecule has 246 valence electrons. The van der Waals surface area contributed by atoms with E-state index in [0.717, 1.165) is 11.3 Å². The molecule has 0 saturated heterocycles. The number of hydrogen-bond donors (Lipinski definition) is 4. The van der Waals surface area contributed by atoms with Crippen LogP contribution in [0.15, 0.2) is 84.9 Å². The van der Waals surface area contributed by atoms with Crippen LogP contribution in [-0.4, -0.2) is 89.5 Å². The van der Waals surface area contributed by atoms with Gasteiger partial charge in [0.25, 0.3) is 5.91 Å². The maximum atomic E-state index is 14.0. The minimum Gasteiger partial charge on any atom is -0.822 e. The van der Waals surface area contributed by atoms with Crippen LogP contribution in [0.2, 0.25) is 0 Å². The minimum absolute atomic E-state index is 0. The first-order valence-corrected chi connectivity index (χ1v) is 15.9. The molecule has 14 heteroatoms. The van der Waals surface area contributed by atoms with E-state index >= 15 is 0 Å². The first-order chi connectivity index (χ1) is 21.7. The molecular weight excluding hydrogens is 706 g/mol. The average Bonchev–Trinajstić information content (AvgIpc) is 3.32. The molecule has 0 aliphatic heterocycles. The summed E-state index contributed by atoms with van der Waals surface area (Å²) in [4.78, 5) is 50.7. The third-order valence-electron chi connectivity index (χ3n) is 6.93. The quantitative estimate of drug-likeness (QED) is 0.125. The van der Waals surface area contributed by atoms with Crippen molar-refractivity contribution < 1.29 is 48.5 Å². The second kappa shape index (κ2) is 18.8. The number of aromatic nitrogens is 1. The van der Waals surface area contributed by atoms with Crippen molar-refractivity contribution >= 4 is 70.9 Å². The number of halogens is 1. The van der Waals surface area contributed by atoms with E-state index in [1.165, 1.54) is 12.1 Å². The number of amides is 1. The minimum atomic E-state index is -5.39. The summed E-state index contributed by atoms with van der Waals surface area (Å²) in [6, 6.07) is 24.8. The van der Waals surface area contributed by atoms with Crippen LogP contribution < -0.4 is 20.0 Å². The number of aliphatic hydroxyl groups excluding tert-OH is 2. The van der Waals surface area contributed by atoms with E-state index in [1.54, 1.807) is 12.1 Å². The third-order valence-corrected chi connectivity index (χ3v) is 6.93. The molecule has 0 fully saturated rings. The number of phosphoric acid groups is 1. The van der Waals surface area contributed by atoms with E-state index in [9.17, 15) is 24.2 Å². The second-order valence-corrected chi connectivity index (χ2v) is 11.8. The Morgan fingerprint density at radius 1 is 0.872 bits per heavy atom. The Morgan fingerprint density at radius 2 is 1.40 bits per heavy atom. The van der Waals surface area contributed by atoms with Crippen LogP contribution in [-0.2, 0) is 15.9 Å². The summed E-state index contributed by atoms with van der Waals surface area (Å²) in [7, 11) is -5.39. The van der Waals surface area contributed by atoms with Crippen molar-refractivity contribution in [3.05, 3.63) is 102 Å². The van der Waals surface area contributed by atoms with Crippen LogP contribution in [0.4, 0.5) is 10.1 Å². The molecule has 2 atom stereocenters. The molecule has 0 saturated carbocycles. The monoisotopic (exact) mass is 741 g/mol. The maximum absolute atomic E-state index is 14.0. The molecule has 0 spiro atoms. The van der Waals surface area contributed by atoms with Gasteiger partial charge in [-0.3, -0.25) is 9.59 Å². The molecule has 1 aromatic heterocycles. The number of hydrogen-bond acceptors (Lipinski definition) is 8. The number of nitrogens with one attached hydrogen (secondary N) is 1. The number of aliphatic carboxylic acids is 1. The van der Waals surface area contributed by atoms with Crippen molar-refractivity contribution in [2.75, 3.05) is 5.32 Å². The maximum Gasteiger partial charge on any atom is 2.00 e. The van der Waals surface area contributed by atoms with Crippen LogP contribution in [0.5, 0.6) is 0 Å². The Labute approximate surface area is 309 Å². The Morgan fingerprint density at radius 3 is 1.91 bits per heavy atom. The van der Waals surface area contributed by atoms with Gasteiger partial charge in [0.15, 0.2) is 0 Å². The Bertz CT molecular complexity index is 1640. The van der Waals surface area contributed by atoms with Crippen molar-refractivity contribution in [1.82, 2.24) is 4.57 Å². The smallest absolute Gasteiger partial charge is 0.822 e. The van der Waals surface area contributed by atoms with Gasteiger partial charge >= 0.3 is 51.5 Å². The topological polar surface area (TPSA) is 198 Å². The molecule has 0 aliphatic carbocycles. The summed E-state index contributed by atoms with van der Waals surface area (Å²) in [5.74, 6) is -1.93. The molecule has 0 radical (unpaired) electrons. The van der Waals surface area contributed by atoms with Crippen molar-refractivity contribution in [3.63, 3.8) is 0 Å². The summed E-state index contributed by atoms with van der Waals surface area (Å²) < 4.78 is 24.5. The predicted octanol–water partition coefficient (Wildman–Crippen LogP) is 3.11. The zero-order valence-corrected chi connectivity index (χ0v) is 30.3. The number of carbonyl (C=O) groups excluding carboxylic acids is 1. The van der Waals surface area contributed by atoms with Crippen LogP contribution >= 0.6 is 7.82 Å². The molecule has 47 heavy (non-hydrogen) atoms. The van der Waals surface area contributed by atoms with Crippen LogP contribution in [0, 0.1) is 5.82 Å². The van der Waals surface area contributed by atoms with E-state index in [2.05, 4.69) is 5.32 Å². The van der Waals surface area contributed by atoms with E-state index in [4.69, 9.17) is 24.4 Å². The fourth-order valence-electron chi connectivity index (χ4n) is 5.20. The van der Waals surface area contributed by atoms with Crippen molar-refractivity contribution in [3.8, 4) is 22.4 Å². The fourth-order valence-corrected chi connectivity index (χ4v) is 5.20. The van der Waals surface area contributed by atoms with Gasteiger partial charge in [0.1, 0.15) is 5.82 Å². The number of rotatable bonds is 12. The van der Waals surface area contributed by atoms with E-state index in [0.29, 0.717) is 28.1 Å². The number of carboxylic acid groups (broad SMARTS) is 1. The zero-order chi connectivity index (χ0) is 34.0. The molecule has 1 heterocycles. The molecular formula is C33H35FN2O9PSr-. The van der Waals surface area contributed by atoms with Crippen LogP contribution in [0.3, 0.4) is 0 Å². The van der Waals surface area contributed by atoms with Gasteiger partial charge in [0, 0.05) is 23.5 Å². The van der Waals surface area contributed by atoms with Crippen LogP contribution in [0.1, 0.15) is 55.1 Å². The third kappa shape index (κ3) is 12.7. The summed E-state index contributed by atoms with van der Waals surface area (Å²) in [5, 5.41) is 32.8. The normalized spacial score (nSPS) is 12.4. The summed E-state index contributed by atoms with van der Waals surface area (Å²) in [5.41, 5.74) is 4.77. The zero-order valence-electron chi connectivity index (χ0n) is 25.9. The molecule has 4 rings (SSSR count). The molecule has 3 aromatic carbocycles. The van der Waals surface area contributed by atoms with Gasteiger partial charge in [-0.25, -0.2) is 4.39 Å². The number of anilines is 1. The second-order valence-electron chi connectivity index (χ2n) is 10.9. The number of benzene rings is 3. The van der Waals surface area contributed by atoms with Crippen molar-refractivity contribution in [2.24, 2.45) is 0 Å². The van der Waals surface area contributed by atoms with Crippen molar-refractivity contribution in [2.45, 2.75) is 57.8 Å². The summed E-state index contributed by atoms with van der Waals surface area (Å²) in [6.45, 7) is 4.25. The van der Waals surface area contributed by atoms with E-state index in [-0.39, 0.29) is 82.5 Å². The van der Waals surface area contributed by atoms with Gasteiger partial charge in [0.05, 0.1) is 29.9 Å². The molecule has 0 bridgehead atoms. The van der Waals surface area contributed by atoms with E-state index in [1.807, 2.05) is 79.1 Å². The SMILES string of the molecule is CC(C)c1c(C(=O)Nc2ccccc2)c(-c2ccccc2)c(-c2ccc(F)cc2)n1CC[C@@H](O)C[C@@H](O)CC(=O)O.O=P([O-])([O-])[O-].[Sr+2]. The summed E-state index contributed by atoms with van der Waals surface area (Å²) in [6.07, 6.45) is -2.51. The molecule has 4 aromatic rings. The fraction of sp³-hybridized carbons (Fsp3) is 0.273. The molecule has 4 N–H and O–H groups in total. The van der Waals surface area contributed by atoms with E-state index < -0.39 is 32.4 Å². The van der Waals surface area contributed by atoms with Gasteiger partial charge in [-0.1, -0.05) is 62.4 Å². The first-order valence-electron chi connectivity index (χ1n) is 14.4. The first kappa shape index (κ1) is 40.5. The van der Waals surface area contributed by atoms with Gasteiger partial charge in [0.2, 0.25) is 0 Å². The van der Waals surface area contributed by atoms with Crippen LogP contribution in [0.25, 0.3) is 22.4 Å². The van der Waals surface area contributed by atoms with Gasteiger partial charge < -0.3 is 44.4 Å². The number of aliphatic hydroxyl groups is 2. The predicted molar refractivity (Wildman–Crippen MR) is 171 cm³/mol. The number of carbonyl (C=O) groups is 2. The summed E-state index contributed by atoms with van der Waals surface area (Å²) >= 11 is 0. The Kier molecular flexibility index (Phi) is 16.2. The standard InChI is InChI=1S/C33H35FN2O5.H3O4P.Sr/c1-21(2)31-30(33(41)35-25-11-7-4-8-12-25)29(22-9-5-3-6-10-22)32(23-13-15-24(34)16-14-23)36(31)18-17-26(37)19-27(38)20-28(39)40;1-5(2,3)4;/h3-16,21,26-27,37-38H,17-20H2,1-2H3,(H,35,41)(H,39,40);(H3,1,2,3,4);/q;;+2/p-3/t26-,27-;;/m1../s1. The number of carboxylic acids is 1. The molecule has 0 aliphatic rings. The molecule has 0 unspecified atom stereocenters. The van der Waals surface area contributed by atoms with Gasteiger partial charge in [-0.2, -0.15) is 7.82 Å². The Balaban J connectivity index is 0.00000119. The molecule has 1 amide bonds. The van der Waals surface area contributed by atoms with Gasteiger partial charge in [-0.05, 0) is 66.3 Å². The van der Waals surface area contributed by atoms with Gasteiger partial charge in [-0.15, -0.1) is 0 Å². The number of nitrogens with zero attached hydrogens (tertiary/aromatic N) is 1. The number of para-hydroxylation sites is 1. The van der Waals surface area contributed by atoms with Crippen molar-refractivity contribution in [1.29, 1.82) is 0 Å². The Hall–Kier alpha value is -2.68.